The minimum Gasteiger partial charge on any atom is -0.381 e. The second-order valence-corrected chi connectivity index (χ2v) is 7.05. The summed E-state index contributed by atoms with van der Waals surface area (Å²) in [5.74, 6) is 0.206. The number of ether oxygens (including phenoxy) is 1. The van der Waals surface area contributed by atoms with Crippen LogP contribution in [-0.2, 0) is 14.8 Å². The van der Waals surface area contributed by atoms with Gasteiger partial charge in [-0.1, -0.05) is 0 Å². The van der Waals surface area contributed by atoms with Gasteiger partial charge in [0.1, 0.15) is 0 Å². The van der Waals surface area contributed by atoms with Crippen molar-refractivity contribution >= 4 is 10.0 Å². The molecule has 0 unspecified atom stereocenters. The number of nitrogens with zero attached hydrogens (tertiary/aromatic N) is 1. The molecule has 2 fully saturated rings. The fourth-order valence-electron chi connectivity index (χ4n) is 2.10. The molecular weight excluding hydrogens is 240 g/mol. The molecule has 1 saturated heterocycles. The summed E-state index contributed by atoms with van der Waals surface area (Å²) in [4.78, 5) is 0. The topological polar surface area (TPSA) is 58.6 Å². The lowest BCUT2D eigenvalue weighted by Crippen LogP contribution is -2.43. The predicted octanol–water partition coefficient (Wildman–Crippen LogP) is 0.179. The van der Waals surface area contributed by atoms with E-state index < -0.39 is 10.0 Å². The van der Waals surface area contributed by atoms with Crippen LogP contribution in [0.3, 0.4) is 0 Å². The van der Waals surface area contributed by atoms with Gasteiger partial charge in [-0.05, 0) is 25.7 Å². The van der Waals surface area contributed by atoms with Gasteiger partial charge in [0.15, 0.2) is 0 Å². The summed E-state index contributed by atoms with van der Waals surface area (Å²) in [6, 6.07) is 0.688. The Morgan fingerprint density at radius 2 is 1.88 bits per heavy atom. The van der Waals surface area contributed by atoms with Crippen LogP contribution < -0.4 is 5.32 Å². The second kappa shape index (κ2) is 5.65. The van der Waals surface area contributed by atoms with Crippen LogP contribution in [0.2, 0.25) is 0 Å². The molecule has 6 heteroatoms. The van der Waals surface area contributed by atoms with Gasteiger partial charge in [0.2, 0.25) is 10.0 Å². The van der Waals surface area contributed by atoms with E-state index in [1.807, 2.05) is 0 Å². The fourth-order valence-corrected chi connectivity index (χ4v) is 3.43. The lowest BCUT2D eigenvalue weighted by molar-refractivity contribution is 0.0632. The molecule has 5 nitrogen and oxygen atoms in total. The highest BCUT2D eigenvalue weighted by Gasteiger charge is 2.28. The van der Waals surface area contributed by atoms with Crippen LogP contribution in [0.15, 0.2) is 0 Å². The highest BCUT2D eigenvalue weighted by atomic mass is 32.2. The highest BCUT2D eigenvalue weighted by Crippen LogP contribution is 2.19. The van der Waals surface area contributed by atoms with E-state index >= 15 is 0 Å². The van der Waals surface area contributed by atoms with Crippen molar-refractivity contribution in [2.45, 2.75) is 37.8 Å². The maximum atomic E-state index is 12.1. The van der Waals surface area contributed by atoms with Gasteiger partial charge in [0, 0.05) is 38.9 Å². The van der Waals surface area contributed by atoms with E-state index in [-0.39, 0.29) is 11.8 Å². The van der Waals surface area contributed by atoms with Gasteiger partial charge in [0.05, 0.1) is 5.75 Å². The van der Waals surface area contributed by atoms with E-state index in [2.05, 4.69) is 5.32 Å². The molecule has 1 aliphatic heterocycles. The molecule has 17 heavy (non-hydrogen) atoms. The van der Waals surface area contributed by atoms with Crippen molar-refractivity contribution in [3.8, 4) is 0 Å². The van der Waals surface area contributed by atoms with Crippen molar-refractivity contribution in [3.05, 3.63) is 0 Å². The first kappa shape index (κ1) is 13.3. The van der Waals surface area contributed by atoms with Gasteiger partial charge >= 0.3 is 0 Å². The third-order valence-electron chi connectivity index (χ3n) is 3.51. The Morgan fingerprint density at radius 1 is 1.24 bits per heavy atom. The van der Waals surface area contributed by atoms with Crippen LogP contribution in [0.5, 0.6) is 0 Å². The number of rotatable bonds is 6. The first-order chi connectivity index (χ1) is 8.09. The summed E-state index contributed by atoms with van der Waals surface area (Å²) in [6.07, 6.45) is 4.00. The Balaban J connectivity index is 1.79. The van der Waals surface area contributed by atoms with Gasteiger partial charge in [0.25, 0.3) is 0 Å². The molecule has 0 spiro atoms. The van der Waals surface area contributed by atoms with Crippen LogP contribution in [0.1, 0.15) is 25.7 Å². The number of hydrogen-bond acceptors (Lipinski definition) is 4. The monoisotopic (exact) mass is 262 g/mol. The molecule has 0 atom stereocenters. The molecular formula is C11H22N2O3S. The quantitative estimate of drug-likeness (QED) is 0.742. The summed E-state index contributed by atoms with van der Waals surface area (Å²) in [7, 11) is -1.42. The summed E-state index contributed by atoms with van der Waals surface area (Å²) in [5.41, 5.74) is 0. The number of sulfonamides is 1. The molecule has 0 aromatic rings. The lowest BCUT2D eigenvalue weighted by Gasteiger charge is -2.30. The number of hydrogen-bond donors (Lipinski definition) is 1. The first-order valence-electron chi connectivity index (χ1n) is 6.36. The van der Waals surface area contributed by atoms with E-state index in [0.29, 0.717) is 25.8 Å². The lowest BCUT2D eigenvalue weighted by atomic mass is 10.1. The zero-order chi connectivity index (χ0) is 12.3. The molecule has 1 N–H and O–H groups in total. The molecule has 2 aliphatic rings. The zero-order valence-corrected chi connectivity index (χ0v) is 11.2. The first-order valence-corrected chi connectivity index (χ1v) is 7.97. The molecule has 0 amide bonds. The van der Waals surface area contributed by atoms with Crippen molar-refractivity contribution < 1.29 is 13.2 Å². The SMILES string of the molecule is CN(C1CCOCC1)S(=O)(=O)CCNC1CC1. The van der Waals surface area contributed by atoms with E-state index in [0.717, 1.165) is 12.8 Å². The molecule has 0 aromatic heterocycles. The molecule has 1 saturated carbocycles. The maximum Gasteiger partial charge on any atom is 0.215 e. The van der Waals surface area contributed by atoms with Crippen molar-refractivity contribution in [2.24, 2.45) is 0 Å². The Morgan fingerprint density at radius 3 is 2.47 bits per heavy atom. The van der Waals surface area contributed by atoms with Gasteiger partial charge in [-0.25, -0.2) is 12.7 Å². The predicted molar refractivity (Wildman–Crippen MR) is 66.4 cm³/mol. The van der Waals surface area contributed by atoms with E-state index in [4.69, 9.17) is 4.74 Å². The van der Waals surface area contributed by atoms with Crippen LogP contribution in [-0.4, -0.2) is 57.4 Å². The summed E-state index contributed by atoms with van der Waals surface area (Å²) in [6.45, 7) is 1.91. The Kier molecular flexibility index (Phi) is 4.41. The zero-order valence-electron chi connectivity index (χ0n) is 10.4. The van der Waals surface area contributed by atoms with Gasteiger partial charge in [-0.2, -0.15) is 0 Å². The van der Waals surface area contributed by atoms with Crippen molar-refractivity contribution in [2.75, 3.05) is 32.6 Å². The molecule has 2 rings (SSSR count). The van der Waals surface area contributed by atoms with Crippen LogP contribution in [0.25, 0.3) is 0 Å². The van der Waals surface area contributed by atoms with Crippen molar-refractivity contribution in [3.63, 3.8) is 0 Å². The fraction of sp³-hybridized carbons (Fsp3) is 1.00. The highest BCUT2D eigenvalue weighted by molar-refractivity contribution is 7.89. The maximum absolute atomic E-state index is 12.1. The normalized spacial score (nSPS) is 23.2. The van der Waals surface area contributed by atoms with Crippen LogP contribution in [0, 0.1) is 0 Å². The minimum absolute atomic E-state index is 0.120. The standard InChI is InChI=1S/C11H22N2O3S/c1-13(11-4-7-16-8-5-11)17(14,15)9-6-12-10-2-3-10/h10-12H,2-9H2,1H3. The summed E-state index contributed by atoms with van der Waals surface area (Å²) < 4.78 is 30.9. The molecule has 1 aliphatic carbocycles. The van der Waals surface area contributed by atoms with Crippen LogP contribution >= 0.6 is 0 Å². The average Bonchev–Trinajstić information content (AvgIpc) is 3.13. The van der Waals surface area contributed by atoms with E-state index in [1.165, 1.54) is 12.8 Å². The van der Waals surface area contributed by atoms with Crippen LogP contribution in [0.4, 0.5) is 0 Å². The van der Waals surface area contributed by atoms with Crippen molar-refractivity contribution in [1.82, 2.24) is 9.62 Å². The third kappa shape index (κ3) is 3.91. The summed E-state index contributed by atoms with van der Waals surface area (Å²) >= 11 is 0. The summed E-state index contributed by atoms with van der Waals surface area (Å²) in [5, 5.41) is 3.24. The Bertz CT molecular complexity index is 335. The molecule has 1 heterocycles. The largest absolute Gasteiger partial charge is 0.381 e. The average molecular weight is 262 g/mol. The van der Waals surface area contributed by atoms with Gasteiger partial charge < -0.3 is 10.1 Å². The Hall–Kier alpha value is -0.170. The number of nitrogens with one attached hydrogen (secondary N) is 1. The van der Waals surface area contributed by atoms with E-state index in [9.17, 15) is 8.42 Å². The van der Waals surface area contributed by atoms with Crippen molar-refractivity contribution in [1.29, 1.82) is 0 Å². The van der Waals surface area contributed by atoms with Gasteiger partial charge in [-0.3, -0.25) is 0 Å². The minimum atomic E-state index is -3.11. The van der Waals surface area contributed by atoms with Gasteiger partial charge in [-0.15, -0.1) is 0 Å². The molecule has 0 bridgehead atoms. The molecule has 0 radical (unpaired) electrons. The second-order valence-electron chi connectivity index (χ2n) is 4.90. The molecule has 0 aromatic carbocycles. The molecule has 100 valence electrons. The Labute approximate surface area is 104 Å². The third-order valence-corrected chi connectivity index (χ3v) is 5.41. The van der Waals surface area contributed by atoms with E-state index in [1.54, 1.807) is 11.4 Å². The smallest absolute Gasteiger partial charge is 0.215 e.